The van der Waals surface area contributed by atoms with Crippen LogP contribution >= 0.6 is 0 Å². The Labute approximate surface area is 196 Å². The molecule has 5 rings (SSSR count). The molecule has 0 saturated carbocycles. The lowest BCUT2D eigenvalue weighted by atomic mass is 10.0. The number of esters is 1. The van der Waals surface area contributed by atoms with Crippen LogP contribution in [0.2, 0.25) is 0 Å². The predicted octanol–water partition coefficient (Wildman–Crippen LogP) is 5.34. The van der Waals surface area contributed by atoms with Crippen LogP contribution in [-0.2, 0) is 22.6 Å². The van der Waals surface area contributed by atoms with Crippen molar-refractivity contribution >= 4 is 22.8 Å². The van der Waals surface area contributed by atoms with E-state index in [9.17, 15) is 9.59 Å². The maximum absolute atomic E-state index is 11.5. The van der Waals surface area contributed by atoms with E-state index in [1.165, 1.54) is 5.39 Å². The number of alkyl carbamates (subject to hydrolysis) is 1. The molecule has 0 spiro atoms. The van der Waals surface area contributed by atoms with Crippen LogP contribution in [0.15, 0.2) is 71.1 Å². The molecule has 1 N–H and O–H groups in total. The van der Waals surface area contributed by atoms with Crippen LogP contribution < -0.4 is 10.1 Å². The van der Waals surface area contributed by atoms with E-state index in [0.29, 0.717) is 18.9 Å². The fourth-order valence-corrected chi connectivity index (χ4v) is 4.01. The van der Waals surface area contributed by atoms with Gasteiger partial charge in [-0.05, 0) is 66.8 Å². The van der Waals surface area contributed by atoms with Gasteiger partial charge in [0.25, 0.3) is 0 Å². The number of fused-ring (bicyclic) bond motifs is 1. The summed E-state index contributed by atoms with van der Waals surface area (Å²) >= 11 is 0. The minimum atomic E-state index is -0.664. The number of carbonyl (C=O) groups excluding carboxylic acids is 2. The smallest absolute Gasteiger partial charge is 0.415 e. The fourth-order valence-electron chi connectivity index (χ4n) is 4.01. The van der Waals surface area contributed by atoms with E-state index in [2.05, 4.69) is 39.3 Å². The summed E-state index contributed by atoms with van der Waals surface area (Å²) in [5.74, 6) is 1.56. The van der Waals surface area contributed by atoms with Crippen molar-refractivity contribution in [1.29, 1.82) is 0 Å². The summed E-state index contributed by atoms with van der Waals surface area (Å²) in [5.41, 5.74) is 2.82. The number of rotatable bonds is 8. The van der Waals surface area contributed by atoms with E-state index in [1.54, 1.807) is 0 Å². The van der Waals surface area contributed by atoms with Crippen molar-refractivity contribution in [3.8, 4) is 17.2 Å². The van der Waals surface area contributed by atoms with Gasteiger partial charge in [0.05, 0.1) is 0 Å². The zero-order valence-electron chi connectivity index (χ0n) is 18.7. The Balaban J connectivity index is 1.16. The van der Waals surface area contributed by atoms with Crippen LogP contribution in [-0.4, -0.2) is 23.1 Å². The summed E-state index contributed by atoms with van der Waals surface area (Å²) in [4.78, 5) is 27.2. The normalized spacial score (nSPS) is 15.4. The summed E-state index contributed by atoms with van der Waals surface area (Å²) in [6.45, 7) is 2.20. The molecule has 1 aliphatic rings. The van der Waals surface area contributed by atoms with Crippen molar-refractivity contribution < 1.29 is 23.5 Å². The molecule has 0 aliphatic carbocycles. The van der Waals surface area contributed by atoms with Gasteiger partial charge in [0.15, 0.2) is 0 Å². The monoisotopic (exact) mass is 456 g/mol. The molecule has 0 bridgehead atoms. The molecule has 1 amide bonds. The van der Waals surface area contributed by atoms with Gasteiger partial charge in [-0.1, -0.05) is 42.5 Å². The van der Waals surface area contributed by atoms with Crippen molar-refractivity contribution in [3.05, 3.63) is 83.7 Å². The van der Waals surface area contributed by atoms with Gasteiger partial charge >= 0.3 is 12.1 Å². The molecule has 1 unspecified atom stereocenters. The lowest BCUT2D eigenvalue weighted by Crippen LogP contribution is -2.28. The van der Waals surface area contributed by atoms with E-state index in [0.717, 1.165) is 46.6 Å². The van der Waals surface area contributed by atoms with Crippen molar-refractivity contribution in [2.24, 2.45) is 0 Å². The molecule has 34 heavy (non-hydrogen) atoms. The van der Waals surface area contributed by atoms with E-state index in [1.807, 2.05) is 49.4 Å². The second kappa shape index (κ2) is 9.39. The summed E-state index contributed by atoms with van der Waals surface area (Å²) in [5, 5.41) is 4.83. The minimum Gasteiger partial charge on any atom is -0.487 e. The highest BCUT2D eigenvalue weighted by Gasteiger charge is 2.31. The third-order valence-electron chi connectivity index (χ3n) is 5.92. The fraction of sp³-hybridized carbons (Fsp3) is 0.222. The molecule has 4 aromatic rings. The predicted molar refractivity (Wildman–Crippen MR) is 126 cm³/mol. The number of benzene rings is 3. The third kappa shape index (κ3) is 4.78. The molecule has 172 valence electrons. The average Bonchev–Trinajstić information content (AvgIpc) is 3.38. The topological polar surface area (TPSA) is 90.7 Å². The number of carbonyl (C=O) groups is 2. The molecule has 1 saturated heterocycles. The largest absolute Gasteiger partial charge is 0.487 e. The molecule has 7 nitrogen and oxygen atoms in total. The third-order valence-corrected chi connectivity index (χ3v) is 5.92. The Morgan fingerprint density at radius 2 is 1.79 bits per heavy atom. The number of hydrogen-bond donors (Lipinski definition) is 1. The van der Waals surface area contributed by atoms with Crippen LogP contribution in [0, 0.1) is 6.92 Å². The molecule has 1 atom stereocenters. The Bertz CT molecular complexity index is 1340. The number of nitrogens with one attached hydrogen (secondary N) is 1. The van der Waals surface area contributed by atoms with Gasteiger partial charge in [0.2, 0.25) is 5.89 Å². The summed E-state index contributed by atoms with van der Waals surface area (Å²) in [6, 6.07) is 21.6. The highest BCUT2D eigenvalue weighted by Crippen LogP contribution is 2.26. The zero-order chi connectivity index (χ0) is 23.5. The molecule has 1 fully saturated rings. The first kappa shape index (κ1) is 21.7. The van der Waals surface area contributed by atoms with Gasteiger partial charge in [-0.15, -0.1) is 0 Å². The van der Waals surface area contributed by atoms with Gasteiger partial charge in [-0.2, -0.15) is 0 Å². The molecular formula is C27H24N2O5. The first-order valence-corrected chi connectivity index (χ1v) is 11.2. The van der Waals surface area contributed by atoms with Gasteiger partial charge < -0.3 is 19.2 Å². The Morgan fingerprint density at radius 3 is 2.56 bits per heavy atom. The van der Waals surface area contributed by atoms with Gasteiger partial charge in [0, 0.05) is 5.56 Å². The van der Waals surface area contributed by atoms with Crippen molar-refractivity contribution in [3.63, 3.8) is 0 Å². The van der Waals surface area contributed by atoms with Crippen molar-refractivity contribution in [1.82, 2.24) is 10.3 Å². The second-order valence-electron chi connectivity index (χ2n) is 8.31. The second-order valence-corrected chi connectivity index (χ2v) is 8.31. The Kier molecular flexibility index (Phi) is 5.99. The molecule has 1 aromatic heterocycles. The maximum atomic E-state index is 11.5. The summed E-state index contributed by atoms with van der Waals surface area (Å²) < 4.78 is 16.3. The van der Waals surface area contributed by atoms with Crippen molar-refractivity contribution in [2.75, 3.05) is 0 Å². The zero-order valence-corrected chi connectivity index (χ0v) is 18.7. The van der Waals surface area contributed by atoms with Crippen LogP contribution in [0.5, 0.6) is 5.75 Å². The number of cyclic esters (lactones) is 2. The number of nitrogens with zero attached hydrogens (tertiary/aromatic N) is 1. The quantitative estimate of drug-likeness (QED) is 0.284. The molecule has 3 aromatic carbocycles. The molecular weight excluding hydrogens is 432 g/mol. The number of hydrogen-bond acceptors (Lipinski definition) is 6. The SMILES string of the molecule is Cc1oc(-c2ccc3ccccc3c2)nc1COc1ccc(CCCC2NC(=O)OC2=O)cc1. The molecule has 1 aliphatic heterocycles. The molecule has 2 heterocycles. The van der Waals surface area contributed by atoms with Crippen LogP contribution in [0.4, 0.5) is 4.79 Å². The molecule has 7 heteroatoms. The van der Waals surface area contributed by atoms with Gasteiger partial charge in [-0.25, -0.2) is 14.6 Å². The van der Waals surface area contributed by atoms with E-state index in [-0.39, 0.29) is 0 Å². The van der Waals surface area contributed by atoms with E-state index >= 15 is 0 Å². The number of ether oxygens (including phenoxy) is 2. The van der Waals surface area contributed by atoms with E-state index < -0.39 is 18.1 Å². The Hall–Kier alpha value is -4.13. The lowest BCUT2D eigenvalue weighted by molar-refractivity contribution is -0.135. The summed E-state index contributed by atoms with van der Waals surface area (Å²) in [6.07, 6.45) is 1.43. The maximum Gasteiger partial charge on any atom is 0.415 e. The number of aromatic nitrogens is 1. The average molecular weight is 456 g/mol. The highest BCUT2D eigenvalue weighted by molar-refractivity contribution is 5.95. The number of oxazole rings is 1. The highest BCUT2D eigenvalue weighted by atomic mass is 16.6. The van der Waals surface area contributed by atoms with Crippen LogP contribution in [0.1, 0.15) is 29.9 Å². The lowest BCUT2D eigenvalue weighted by Gasteiger charge is -2.07. The number of amides is 1. The molecule has 0 radical (unpaired) electrons. The Morgan fingerprint density at radius 1 is 1.00 bits per heavy atom. The van der Waals surface area contributed by atoms with Crippen LogP contribution in [0.25, 0.3) is 22.2 Å². The first-order valence-electron chi connectivity index (χ1n) is 11.2. The van der Waals surface area contributed by atoms with E-state index in [4.69, 9.17) is 9.15 Å². The van der Waals surface area contributed by atoms with Crippen LogP contribution in [0.3, 0.4) is 0 Å². The number of aryl methyl sites for hydroxylation is 2. The van der Waals surface area contributed by atoms with Gasteiger partial charge in [0.1, 0.15) is 29.9 Å². The van der Waals surface area contributed by atoms with Gasteiger partial charge in [-0.3, -0.25) is 0 Å². The first-order chi connectivity index (χ1) is 16.5. The van der Waals surface area contributed by atoms with Crippen molar-refractivity contribution in [2.45, 2.75) is 38.8 Å². The minimum absolute atomic E-state index is 0.311. The standard InChI is InChI=1S/C27H24N2O5/c1-17-24(28-25(33-17)21-12-11-19-6-2-3-7-20(19)15-21)16-32-22-13-9-18(10-14-22)5-4-8-23-26(30)34-27(31)29-23/h2-3,6-7,9-15,23H,4-5,8,16H2,1H3,(H,29,31). The summed E-state index contributed by atoms with van der Waals surface area (Å²) in [7, 11) is 0.